The molecule has 1 N–H and O–H groups in total. The highest BCUT2D eigenvalue weighted by Gasteiger charge is 2.19. The number of anilines is 1. The molecule has 192 valence electrons. The largest absolute Gasteiger partial charge is 0.378 e. The van der Waals surface area contributed by atoms with Gasteiger partial charge in [-0.2, -0.15) is 0 Å². The van der Waals surface area contributed by atoms with Crippen LogP contribution in [0.1, 0.15) is 68.4 Å². The number of amidine groups is 1. The first kappa shape index (κ1) is 28.4. The minimum Gasteiger partial charge on any atom is -0.378 e. The number of rotatable bonds is 11. The van der Waals surface area contributed by atoms with Crippen LogP contribution in [0.3, 0.4) is 0 Å². The molecule has 0 radical (unpaired) electrons. The molecule has 0 aliphatic carbocycles. The third kappa shape index (κ3) is 7.34. The van der Waals surface area contributed by atoms with Crippen molar-refractivity contribution in [3.05, 3.63) is 52.6 Å². The van der Waals surface area contributed by atoms with E-state index in [0.717, 1.165) is 49.7 Å². The Hall–Kier alpha value is -2.81. The summed E-state index contributed by atoms with van der Waals surface area (Å²) in [6.07, 6.45) is 3.40. The fraction of sp³-hybridized carbons (Fsp3) is 0.462. The van der Waals surface area contributed by atoms with Crippen LogP contribution in [-0.4, -0.2) is 44.3 Å². The van der Waals surface area contributed by atoms with E-state index in [0.29, 0.717) is 29.3 Å². The minimum absolute atomic E-state index is 0.0634. The maximum Gasteiger partial charge on any atom is 0.178 e. The molecule has 0 amide bonds. The van der Waals surface area contributed by atoms with Gasteiger partial charge in [-0.05, 0) is 49.9 Å². The van der Waals surface area contributed by atoms with Crippen LogP contribution in [0.2, 0.25) is 0 Å². The molecule has 0 fully saturated rings. The number of benzene rings is 2. The number of ketones is 1. The Balaban J connectivity index is 2.56. The molecule has 0 atom stereocenters. The van der Waals surface area contributed by atoms with Crippen molar-refractivity contribution < 1.29 is 22.0 Å². The highest BCUT2D eigenvalue weighted by Crippen LogP contribution is 2.30. The van der Waals surface area contributed by atoms with Crippen LogP contribution in [-0.2, 0) is 16.4 Å². The quantitative estimate of drug-likeness (QED) is 0.227. The van der Waals surface area contributed by atoms with Crippen LogP contribution in [0.4, 0.5) is 20.2 Å². The van der Waals surface area contributed by atoms with Crippen LogP contribution >= 0.6 is 0 Å². The molecular formula is C26H35F2N3O3S. The Morgan fingerprint density at radius 1 is 1.03 bits per heavy atom. The molecule has 0 saturated carbocycles. The van der Waals surface area contributed by atoms with Gasteiger partial charge in [-0.1, -0.05) is 26.8 Å². The van der Waals surface area contributed by atoms with Gasteiger partial charge in [0.25, 0.3) is 0 Å². The molecule has 0 spiro atoms. The van der Waals surface area contributed by atoms with E-state index in [4.69, 9.17) is 4.99 Å². The van der Waals surface area contributed by atoms with E-state index in [1.54, 1.807) is 6.07 Å². The number of nitrogens with zero attached hydrogens (tertiary/aromatic N) is 2. The summed E-state index contributed by atoms with van der Waals surface area (Å²) in [6, 6.07) is 5.14. The zero-order valence-electron chi connectivity index (χ0n) is 21.3. The monoisotopic (exact) mass is 507 g/mol. The molecule has 2 rings (SSSR count). The molecular weight excluding hydrogens is 472 g/mol. The maximum absolute atomic E-state index is 14.6. The molecule has 2 aromatic rings. The first-order valence-corrected chi connectivity index (χ1v) is 13.7. The summed E-state index contributed by atoms with van der Waals surface area (Å²) in [5, 5.41) is 2.85. The summed E-state index contributed by atoms with van der Waals surface area (Å²) < 4.78 is 52.3. The van der Waals surface area contributed by atoms with Crippen LogP contribution < -0.4 is 5.32 Å². The van der Waals surface area contributed by atoms with Gasteiger partial charge in [0.15, 0.2) is 15.6 Å². The fourth-order valence-corrected chi connectivity index (χ4v) is 4.67. The van der Waals surface area contributed by atoms with E-state index in [2.05, 4.69) is 24.1 Å². The first-order valence-electron chi connectivity index (χ1n) is 11.8. The Kier molecular flexibility index (Phi) is 9.94. The zero-order chi connectivity index (χ0) is 26.3. The van der Waals surface area contributed by atoms with Crippen molar-refractivity contribution in [3.8, 4) is 0 Å². The number of carbonyl (C=O) groups excluding carboxylic acids is 1. The molecule has 0 bridgehead atoms. The zero-order valence-corrected chi connectivity index (χ0v) is 22.2. The maximum atomic E-state index is 14.6. The summed E-state index contributed by atoms with van der Waals surface area (Å²) in [5.74, 6) is -1.21. The molecule has 35 heavy (non-hydrogen) atoms. The van der Waals surface area contributed by atoms with E-state index >= 15 is 0 Å². The van der Waals surface area contributed by atoms with Gasteiger partial charge in [0.2, 0.25) is 0 Å². The normalized spacial score (nSPS) is 12.1. The third-order valence-corrected chi connectivity index (χ3v) is 6.62. The van der Waals surface area contributed by atoms with Crippen molar-refractivity contribution in [1.82, 2.24) is 4.90 Å². The average molecular weight is 508 g/mol. The third-order valence-electron chi connectivity index (χ3n) is 5.51. The highest BCUT2D eigenvalue weighted by molar-refractivity contribution is 7.90. The number of hydrogen-bond donors (Lipinski definition) is 1. The molecule has 6 nitrogen and oxygen atoms in total. The van der Waals surface area contributed by atoms with Crippen molar-refractivity contribution >= 4 is 32.8 Å². The number of halogens is 2. The van der Waals surface area contributed by atoms with E-state index in [9.17, 15) is 22.0 Å². The van der Waals surface area contributed by atoms with Crippen molar-refractivity contribution in [2.75, 3.05) is 24.7 Å². The number of aryl methyl sites for hydroxylation is 1. The van der Waals surface area contributed by atoms with Crippen LogP contribution in [0.5, 0.6) is 0 Å². The smallest absolute Gasteiger partial charge is 0.178 e. The molecule has 0 aliphatic heterocycles. The van der Waals surface area contributed by atoms with E-state index in [1.165, 1.54) is 6.92 Å². The summed E-state index contributed by atoms with van der Waals surface area (Å²) in [4.78, 5) is 18.9. The lowest BCUT2D eigenvalue weighted by molar-refractivity contribution is 0.101. The average Bonchev–Trinajstić information content (AvgIpc) is 2.77. The Morgan fingerprint density at radius 3 is 2.17 bits per heavy atom. The second-order valence-electron chi connectivity index (χ2n) is 8.63. The van der Waals surface area contributed by atoms with E-state index < -0.39 is 26.4 Å². The number of nitrogens with one attached hydrogen (secondary N) is 1. The molecule has 0 heterocycles. The number of Topliss-reactive ketones (excluding diaryl/α,β-unsaturated/α-hetero) is 1. The molecule has 0 aromatic heterocycles. The summed E-state index contributed by atoms with van der Waals surface area (Å²) in [5.41, 5.74) is 2.27. The SMILES string of the molecule is CCCN(CCC)/C(CC)=N/c1c(CNc2cc(F)c(S(C)(=O)=O)cc2F)cc(C)cc1C(C)=O. The van der Waals surface area contributed by atoms with Gasteiger partial charge in [0, 0.05) is 43.9 Å². The first-order chi connectivity index (χ1) is 16.4. The van der Waals surface area contributed by atoms with Gasteiger partial charge in [0.05, 0.1) is 11.4 Å². The van der Waals surface area contributed by atoms with Crippen molar-refractivity contribution in [3.63, 3.8) is 0 Å². The van der Waals surface area contributed by atoms with Crippen LogP contribution in [0.25, 0.3) is 0 Å². The summed E-state index contributed by atoms with van der Waals surface area (Å²) >= 11 is 0. The van der Waals surface area contributed by atoms with Gasteiger partial charge in [-0.15, -0.1) is 0 Å². The predicted octanol–water partition coefficient (Wildman–Crippen LogP) is 6.05. The predicted molar refractivity (Wildman–Crippen MR) is 138 cm³/mol. The second-order valence-corrected chi connectivity index (χ2v) is 10.6. The van der Waals surface area contributed by atoms with E-state index in [1.807, 2.05) is 19.9 Å². The van der Waals surface area contributed by atoms with Crippen molar-refractivity contribution in [2.24, 2.45) is 4.99 Å². The fourth-order valence-electron chi connectivity index (χ4n) is 3.94. The number of aliphatic imine (C=N–C) groups is 1. The lowest BCUT2D eigenvalue weighted by atomic mass is 10.0. The lowest BCUT2D eigenvalue weighted by Crippen LogP contribution is -2.32. The highest BCUT2D eigenvalue weighted by atomic mass is 32.2. The Morgan fingerprint density at radius 2 is 1.66 bits per heavy atom. The topological polar surface area (TPSA) is 78.8 Å². The number of hydrogen-bond acceptors (Lipinski definition) is 5. The standard InChI is InChI=1S/C26H35F2N3O3S/c1-7-10-31(11-8-2)25(9-3)30-26-19(12-17(4)13-20(26)18(5)32)16-29-23-14-22(28)24(15-21(23)27)35(6,33)34/h12-15,29H,7-11,16H2,1-6H3/b30-25+. The van der Waals surface area contributed by atoms with Gasteiger partial charge in [-0.3, -0.25) is 4.79 Å². The lowest BCUT2D eigenvalue weighted by Gasteiger charge is -2.25. The number of sulfone groups is 1. The Labute approximate surface area is 207 Å². The van der Waals surface area contributed by atoms with Gasteiger partial charge >= 0.3 is 0 Å². The van der Waals surface area contributed by atoms with Gasteiger partial charge in [-0.25, -0.2) is 22.2 Å². The molecule has 2 aromatic carbocycles. The van der Waals surface area contributed by atoms with Crippen molar-refractivity contribution in [1.29, 1.82) is 0 Å². The van der Waals surface area contributed by atoms with Crippen LogP contribution in [0.15, 0.2) is 34.2 Å². The van der Waals surface area contributed by atoms with E-state index in [-0.39, 0.29) is 18.0 Å². The molecule has 0 unspecified atom stereocenters. The second kappa shape index (κ2) is 12.2. The molecule has 0 aliphatic rings. The number of carbonyl (C=O) groups is 1. The minimum atomic E-state index is -3.90. The van der Waals surface area contributed by atoms with Crippen molar-refractivity contribution in [2.45, 2.75) is 65.3 Å². The summed E-state index contributed by atoms with van der Waals surface area (Å²) in [6.45, 7) is 11.3. The molecule has 9 heteroatoms. The molecule has 0 saturated heterocycles. The van der Waals surface area contributed by atoms with Crippen LogP contribution in [0, 0.1) is 18.6 Å². The Bertz CT molecular complexity index is 1200. The summed E-state index contributed by atoms with van der Waals surface area (Å²) in [7, 11) is -3.90. The van der Waals surface area contributed by atoms with Gasteiger partial charge < -0.3 is 10.2 Å². The van der Waals surface area contributed by atoms with Gasteiger partial charge in [0.1, 0.15) is 22.4 Å².